The van der Waals surface area contributed by atoms with Gasteiger partial charge in [0.25, 0.3) is 0 Å². The van der Waals surface area contributed by atoms with Crippen LogP contribution in [-0.4, -0.2) is 4.40 Å². The molecule has 11 rings (SSSR count). The minimum Gasteiger partial charge on any atom is -0.456 e. The maximum Gasteiger partial charge on any atom is 0.145 e. The summed E-state index contributed by atoms with van der Waals surface area (Å²) in [4.78, 5) is 0. The lowest BCUT2D eigenvalue weighted by Crippen LogP contribution is -1.81. The van der Waals surface area contributed by atoms with Crippen LogP contribution in [0.3, 0.4) is 0 Å². The molecule has 0 bridgehead atoms. The molecule has 0 N–H and O–H groups in total. The average Bonchev–Trinajstić information content (AvgIpc) is 3.77. The highest BCUT2D eigenvalue weighted by molar-refractivity contribution is 6.34. The Kier molecular flexibility index (Phi) is 3.12. The monoisotopic (exact) mass is 511 g/mol. The second-order valence-corrected chi connectivity index (χ2v) is 10.9. The van der Waals surface area contributed by atoms with Gasteiger partial charge in [0.05, 0.1) is 21.9 Å². The van der Waals surface area contributed by atoms with E-state index in [0.717, 1.165) is 87.6 Å². The highest BCUT2D eigenvalue weighted by atomic mass is 16.3. The number of benzene rings is 6. The molecule has 0 aliphatic heterocycles. The molecule has 11 aromatic rings. The predicted octanol–water partition coefficient (Wildman–Crippen LogP) is 10.5. The Morgan fingerprint density at radius 3 is 1.55 bits per heavy atom. The number of hydrogen-bond donors (Lipinski definition) is 0. The van der Waals surface area contributed by atoms with E-state index in [2.05, 4.69) is 77.2 Å². The van der Waals surface area contributed by atoms with Crippen molar-refractivity contribution in [2.24, 2.45) is 0 Å². The Balaban J connectivity index is 1.46. The molecule has 0 spiro atoms. The van der Waals surface area contributed by atoms with E-state index in [1.165, 1.54) is 16.3 Å². The third kappa shape index (κ3) is 2.12. The first-order valence-electron chi connectivity index (χ1n) is 13.5. The van der Waals surface area contributed by atoms with Crippen molar-refractivity contribution in [1.82, 2.24) is 4.40 Å². The van der Waals surface area contributed by atoms with Crippen molar-refractivity contribution in [3.8, 4) is 0 Å². The molecular weight excluding hydrogens is 494 g/mol. The maximum absolute atomic E-state index is 6.60. The number of nitrogens with zero attached hydrogens (tertiary/aromatic N) is 1. The molecular formula is C36H17NO3. The van der Waals surface area contributed by atoms with Crippen molar-refractivity contribution in [2.75, 3.05) is 0 Å². The molecule has 0 saturated heterocycles. The van der Waals surface area contributed by atoms with Crippen LogP contribution in [0.15, 0.2) is 116 Å². The van der Waals surface area contributed by atoms with Crippen LogP contribution in [0.5, 0.6) is 0 Å². The highest BCUT2D eigenvalue weighted by Gasteiger charge is 2.25. The Morgan fingerprint density at radius 1 is 0.375 bits per heavy atom. The Morgan fingerprint density at radius 2 is 0.900 bits per heavy atom. The Bertz CT molecular complexity index is 2870. The van der Waals surface area contributed by atoms with Gasteiger partial charge in [-0.05, 0) is 48.5 Å². The summed E-state index contributed by atoms with van der Waals surface area (Å²) in [6, 6.07) is 36.2. The van der Waals surface area contributed by atoms with Crippen molar-refractivity contribution in [1.29, 1.82) is 0 Å². The summed E-state index contributed by atoms with van der Waals surface area (Å²) in [5, 5.41) is 11.4. The highest BCUT2D eigenvalue weighted by Crippen LogP contribution is 2.48. The van der Waals surface area contributed by atoms with Gasteiger partial charge >= 0.3 is 0 Å². The molecule has 6 aromatic carbocycles. The van der Waals surface area contributed by atoms with Gasteiger partial charge in [-0.3, -0.25) is 0 Å². The summed E-state index contributed by atoms with van der Waals surface area (Å²) in [5.41, 5.74) is 8.90. The number of fused-ring (bicyclic) bond motifs is 16. The molecule has 40 heavy (non-hydrogen) atoms. The average molecular weight is 512 g/mol. The third-order valence-electron chi connectivity index (χ3n) is 8.90. The zero-order valence-corrected chi connectivity index (χ0v) is 21.0. The fourth-order valence-electron chi connectivity index (χ4n) is 7.21. The minimum atomic E-state index is 0.888. The van der Waals surface area contributed by atoms with Gasteiger partial charge in [-0.2, -0.15) is 0 Å². The van der Waals surface area contributed by atoms with Gasteiger partial charge in [0, 0.05) is 48.5 Å². The molecule has 4 heteroatoms. The van der Waals surface area contributed by atoms with E-state index in [1.807, 2.05) is 30.3 Å². The molecule has 0 fully saturated rings. The van der Waals surface area contributed by atoms with Crippen molar-refractivity contribution >= 4 is 104 Å². The van der Waals surface area contributed by atoms with Gasteiger partial charge < -0.3 is 17.7 Å². The van der Waals surface area contributed by atoms with E-state index in [4.69, 9.17) is 13.3 Å². The first-order valence-corrected chi connectivity index (χ1v) is 13.5. The Hall–Kier alpha value is -5.48. The molecule has 0 aliphatic rings. The van der Waals surface area contributed by atoms with Crippen molar-refractivity contribution in [2.45, 2.75) is 0 Å². The Labute approximate surface area is 224 Å². The van der Waals surface area contributed by atoms with E-state index in [9.17, 15) is 0 Å². The minimum absolute atomic E-state index is 0.888. The largest absolute Gasteiger partial charge is 0.456 e. The van der Waals surface area contributed by atoms with Crippen molar-refractivity contribution < 1.29 is 13.3 Å². The van der Waals surface area contributed by atoms with Crippen LogP contribution in [0.4, 0.5) is 0 Å². The van der Waals surface area contributed by atoms with Crippen molar-refractivity contribution in [3.05, 3.63) is 103 Å². The van der Waals surface area contributed by atoms with Crippen LogP contribution < -0.4 is 0 Å². The number of aromatic nitrogens is 1. The smallest absolute Gasteiger partial charge is 0.145 e. The van der Waals surface area contributed by atoms with Crippen LogP contribution in [-0.2, 0) is 0 Å². The number of hydrogen-bond acceptors (Lipinski definition) is 3. The van der Waals surface area contributed by atoms with Crippen LogP contribution in [0.25, 0.3) is 104 Å². The van der Waals surface area contributed by atoms with Gasteiger partial charge in [-0.25, -0.2) is 0 Å². The number of furan rings is 3. The fraction of sp³-hybridized carbons (Fsp3) is 0. The van der Waals surface area contributed by atoms with Crippen LogP contribution in [0.2, 0.25) is 0 Å². The normalized spacial score (nSPS) is 13.0. The van der Waals surface area contributed by atoms with E-state index < -0.39 is 0 Å². The first kappa shape index (κ1) is 19.6. The number of rotatable bonds is 0. The van der Waals surface area contributed by atoms with Crippen LogP contribution in [0, 0.1) is 0 Å². The first-order chi connectivity index (χ1) is 19.8. The predicted molar refractivity (Wildman–Crippen MR) is 163 cm³/mol. The quantitative estimate of drug-likeness (QED) is 0.203. The second-order valence-electron chi connectivity index (χ2n) is 10.9. The van der Waals surface area contributed by atoms with Gasteiger partial charge in [0.1, 0.15) is 33.5 Å². The molecule has 5 heterocycles. The summed E-state index contributed by atoms with van der Waals surface area (Å²) in [7, 11) is 0. The second kappa shape index (κ2) is 6.38. The summed E-state index contributed by atoms with van der Waals surface area (Å²) < 4.78 is 21.7. The van der Waals surface area contributed by atoms with Gasteiger partial charge in [0.15, 0.2) is 0 Å². The molecule has 0 atom stereocenters. The van der Waals surface area contributed by atoms with Gasteiger partial charge in [0.2, 0.25) is 0 Å². The summed E-state index contributed by atoms with van der Waals surface area (Å²) in [6.07, 6.45) is 0. The van der Waals surface area contributed by atoms with Gasteiger partial charge in [-0.15, -0.1) is 0 Å². The van der Waals surface area contributed by atoms with Crippen LogP contribution >= 0.6 is 0 Å². The van der Waals surface area contributed by atoms with Crippen LogP contribution in [0.1, 0.15) is 0 Å². The molecule has 4 nitrogen and oxygen atoms in total. The summed E-state index contributed by atoms with van der Waals surface area (Å²) >= 11 is 0. The van der Waals surface area contributed by atoms with Gasteiger partial charge in [-0.1, -0.05) is 54.6 Å². The molecule has 184 valence electrons. The topological polar surface area (TPSA) is 43.8 Å². The maximum atomic E-state index is 6.60. The molecule has 0 unspecified atom stereocenters. The molecule has 0 aliphatic carbocycles. The lowest BCUT2D eigenvalue weighted by molar-refractivity contribution is 0.669. The summed E-state index contributed by atoms with van der Waals surface area (Å²) in [6.45, 7) is 0. The zero-order chi connectivity index (χ0) is 25.7. The lowest BCUT2D eigenvalue weighted by atomic mass is 10.0. The molecule has 0 radical (unpaired) electrons. The van der Waals surface area contributed by atoms with Crippen molar-refractivity contribution in [3.63, 3.8) is 0 Å². The summed E-state index contributed by atoms with van der Waals surface area (Å²) in [5.74, 6) is 0. The standard InChI is InChI=1S/C36H17NO3/c1-4-10-29-18(7-1)22-14-27-21(16-32(22)38-29)24-13-25-20-9-3-6-12-31(20)40-36(25)34-26-17-33-23(15-28(26)37(27)35(24)34)19-8-2-5-11-30(19)39-33/h1-17H. The van der Waals surface area contributed by atoms with E-state index >= 15 is 0 Å². The van der Waals surface area contributed by atoms with E-state index in [1.54, 1.807) is 0 Å². The molecule has 0 saturated carbocycles. The number of para-hydroxylation sites is 3. The van der Waals surface area contributed by atoms with E-state index in [0.29, 0.717) is 0 Å². The lowest BCUT2D eigenvalue weighted by Gasteiger charge is -2.00. The zero-order valence-electron chi connectivity index (χ0n) is 21.0. The molecule has 0 amide bonds. The molecule has 5 aromatic heterocycles. The fourth-order valence-corrected chi connectivity index (χ4v) is 7.21. The van der Waals surface area contributed by atoms with E-state index in [-0.39, 0.29) is 0 Å². The SMILES string of the molecule is c1ccc2c(c1)oc1cc3c4cc5c6ccccc6oc5c5c6cc7oc8ccccc8c7cc6n(c3cc12)c45. The third-order valence-corrected chi connectivity index (χ3v) is 8.90.